The number of hydrogen-bond acceptors (Lipinski definition) is 5. The van der Waals surface area contributed by atoms with Crippen molar-refractivity contribution in [2.75, 3.05) is 0 Å². The summed E-state index contributed by atoms with van der Waals surface area (Å²) in [6.45, 7) is 7.11. The molecule has 2 rings (SSSR count). The van der Waals surface area contributed by atoms with E-state index in [1.807, 2.05) is 18.7 Å². The number of aromatic amines is 1. The van der Waals surface area contributed by atoms with Gasteiger partial charge in [-0.1, -0.05) is 13.8 Å². The summed E-state index contributed by atoms with van der Waals surface area (Å²) in [5.41, 5.74) is 2.26. The molecule has 2 aromatic heterocycles. The lowest BCUT2D eigenvalue weighted by molar-refractivity contribution is 0.580. The zero-order chi connectivity index (χ0) is 13.1. The summed E-state index contributed by atoms with van der Waals surface area (Å²) in [5, 5.41) is 16.5. The van der Waals surface area contributed by atoms with Crippen molar-refractivity contribution in [3.63, 3.8) is 0 Å². The second kappa shape index (κ2) is 5.53. The van der Waals surface area contributed by atoms with E-state index in [1.54, 1.807) is 11.8 Å². The number of aromatic nitrogens is 5. The third-order valence-corrected chi connectivity index (χ3v) is 3.66. The smallest absolute Gasteiger partial charge is 0.189 e. The molecular formula is C11H18N6S. The number of H-pyrrole nitrogens is 1. The summed E-state index contributed by atoms with van der Waals surface area (Å²) < 4.78 is 1.89. The van der Waals surface area contributed by atoms with Gasteiger partial charge in [-0.15, -0.1) is 0 Å². The number of nitrogens with zero attached hydrogens (tertiary/aromatic N) is 4. The fourth-order valence-electron chi connectivity index (χ4n) is 1.65. The molecule has 0 unspecified atom stereocenters. The van der Waals surface area contributed by atoms with E-state index in [-0.39, 0.29) is 0 Å². The van der Waals surface area contributed by atoms with Crippen LogP contribution in [0.15, 0.2) is 16.5 Å². The topological polar surface area (TPSA) is 71.4 Å². The fourth-order valence-corrected chi connectivity index (χ4v) is 2.55. The second-order valence-corrected chi connectivity index (χ2v) is 5.40. The van der Waals surface area contributed by atoms with Crippen LogP contribution >= 0.6 is 11.8 Å². The van der Waals surface area contributed by atoms with Crippen LogP contribution in [-0.4, -0.2) is 31.0 Å². The van der Waals surface area contributed by atoms with Crippen LogP contribution in [0.2, 0.25) is 0 Å². The van der Waals surface area contributed by atoms with Gasteiger partial charge in [-0.05, 0) is 18.7 Å². The molecule has 0 aliphatic heterocycles. The molecule has 2 aromatic rings. The standard InChI is InChI=1S/C11H18N6S/c1-7(2)12-5-9-8(3)16-17(4)10(9)18-11-13-6-14-15-11/h6-7,12H,5H2,1-4H3,(H,13,14,15). The van der Waals surface area contributed by atoms with Crippen LogP contribution in [0.1, 0.15) is 25.1 Å². The SMILES string of the molecule is Cc1nn(C)c(Sc2ncn[nH]2)c1CNC(C)C. The molecule has 0 saturated carbocycles. The fraction of sp³-hybridized carbons (Fsp3) is 0.545. The summed E-state index contributed by atoms with van der Waals surface area (Å²) >= 11 is 1.55. The zero-order valence-electron chi connectivity index (χ0n) is 11.1. The molecule has 7 heteroatoms. The molecule has 0 bridgehead atoms. The summed E-state index contributed by atoms with van der Waals surface area (Å²) in [6.07, 6.45) is 1.51. The highest BCUT2D eigenvalue weighted by molar-refractivity contribution is 7.99. The van der Waals surface area contributed by atoms with Crippen LogP contribution in [-0.2, 0) is 13.6 Å². The van der Waals surface area contributed by atoms with Crippen LogP contribution in [0.25, 0.3) is 0 Å². The number of hydrogen-bond donors (Lipinski definition) is 2. The Labute approximate surface area is 111 Å². The van der Waals surface area contributed by atoms with Crippen LogP contribution in [0.3, 0.4) is 0 Å². The van der Waals surface area contributed by atoms with Crippen LogP contribution in [0.5, 0.6) is 0 Å². The molecule has 18 heavy (non-hydrogen) atoms. The Morgan fingerprint density at radius 2 is 2.28 bits per heavy atom. The van der Waals surface area contributed by atoms with Gasteiger partial charge in [0.1, 0.15) is 11.4 Å². The Bertz CT molecular complexity index is 502. The van der Waals surface area contributed by atoms with Crippen molar-refractivity contribution in [2.45, 2.75) is 43.5 Å². The quantitative estimate of drug-likeness (QED) is 0.858. The highest BCUT2D eigenvalue weighted by atomic mass is 32.2. The molecular weight excluding hydrogens is 248 g/mol. The third kappa shape index (κ3) is 2.91. The van der Waals surface area contributed by atoms with E-state index in [2.05, 4.69) is 39.4 Å². The Hall–Kier alpha value is -1.34. The van der Waals surface area contributed by atoms with Crippen molar-refractivity contribution in [2.24, 2.45) is 7.05 Å². The Morgan fingerprint density at radius 1 is 1.50 bits per heavy atom. The highest BCUT2D eigenvalue weighted by Gasteiger charge is 2.15. The minimum Gasteiger partial charge on any atom is -0.310 e. The average Bonchev–Trinajstić information content (AvgIpc) is 2.87. The number of rotatable bonds is 5. The Kier molecular flexibility index (Phi) is 4.03. The Morgan fingerprint density at radius 3 is 2.89 bits per heavy atom. The molecule has 0 fully saturated rings. The zero-order valence-corrected chi connectivity index (χ0v) is 11.9. The first-order valence-corrected chi connectivity index (χ1v) is 6.68. The van der Waals surface area contributed by atoms with E-state index in [0.29, 0.717) is 6.04 Å². The first-order chi connectivity index (χ1) is 8.58. The summed E-state index contributed by atoms with van der Waals surface area (Å²) in [7, 11) is 1.95. The van der Waals surface area contributed by atoms with Crippen molar-refractivity contribution in [1.29, 1.82) is 0 Å². The summed E-state index contributed by atoms with van der Waals surface area (Å²) in [6, 6.07) is 0.452. The van der Waals surface area contributed by atoms with Gasteiger partial charge in [-0.3, -0.25) is 9.78 Å². The predicted molar refractivity (Wildman–Crippen MR) is 70.4 cm³/mol. The van der Waals surface area contributed by atoms with E-state index in [9.17, 15) is 0 Å². The molecule has 2 N–H and O–H groups in total. The highest BCUT2D eigenvalue weighted by Crippen LogP contribution is 2.29. The van der Waals surface area contributed by atoms with Gasteiger partial charge in [-0.25, -0.2) is 4.98 Å². The molecule has 0 amide bonds. The second-order valence-electron chi connectivity index (χ2n) is 4.42. The van der Waals surface area contributed by atoms with Gasteiger partial charge in [0.2, 0.25) is 0 Å². The first-order valence-electron chi connectivity index (χ1n) is 5.87. The third-order valence-electron chi connectivity index (χ3n) is 2.56. The van der Waals surface area contributed by atoms with E-state index >= 15 is 0 Å². The minimum absolute atomic E-state index is 0.452. The summed E-state index contributed by atoms with van der Waals surface area (Å²) in [4.78, 5) is 4.13. The normalized spacial score (nSPS) is 11.4. The lowest BCUT2D eigenvalue weighted by Crippen LogP contribution is -2.22. The van der Waals surface area contributed by atoms with E-state index in [4.69, 9.17) is 0 Å². The maximum atomic E-state index is 4.46. The van der Waals surface area contributed by atoms with Gasteiger partial charge in [0.05, 0.1) is 5.69 Å². The molecule has 98 valence electrons. The van der Waals surface area contributed by atoms with Gasteiger partial charge >= 0.3 is 0 Å². The largest absolute Gasteiger partial charge is 0.310 e. The molecule has 0 spiro atoms. The van der Waals surface area contributed by atoms with Crippen molar-refractivity contribution in [3.8, 4) is 0 Å². The summed E-state index contributed by atoms with van der Waals surface area (Å²) in [5.74, 6) is 0. The van der Waals surface area contributed by atoms with Gasteiger partial charge in [0.15, 0.2) is 5.16 Å². The van der Waals surface area contributed by atoms with Gasteiger partial charge in [0, 0.05) is 25.2 Å². The maximum Gasteiger partial charge on any atom is 0.189 e. The maximum absolute atomic E-state index is 4.46. The molecule has 0 aliphatic carbocycles. The van der Waals surface area contributed by atoms with E-state index in [0.717, 1.165) is 22.4 Å². The molecule has 0 aliphatic rings. The van der Waals surface area contributed by atoms with Crippen LogP contribution in [0, 0.1) is 6.92 Å². The molecule has 0 aromatic carbocycles. The molecule has 0 saturated heterocycles. The average molecular weight is 266 g/mol. The molecule has 0 atom stereocenters. The number of nitrogens with one attached hydrogen (secondary N) is 2. The lowest BCUT2D eigenvalue weighted by Gasteiger charge is -2.09. The monoisotopic (exact) mass is 266 g/mol. The van der Waals surface area contributed by atoms with Gasteiger partial charge < -0.3 is 5.32 Å². The number of aryl methyl sites for hydroxylation is 2. The van der Waals surface area contributed by atoms with Crippen LogP contribution < -0.4 is 5.32 Å². The van der Waals surface area contributed by atoms with Crippen molar-refractivity contribution in [3.05, 3.63) is 17.6 Å². The molecule has 2 heterocycles. The molecule has 0 radical (unpaired) electrons. The van der Waals surface area contributed by atoms with Crippen LogP contribution in [0.4, 0.5) is 0 Å². The van der Waals surface area contributed by atoms with Gasteiger partial charge in [-0.2, -0.15) is 10.2 Å². The van der Waals surface area contributed by atoms with E-state index < -0.39 is 0 Å². The lowest BCUT2D eigenvalue weighted by atomic mass is 10.2. The van der Waals surface area contributed by atoms with Crippen molar-refractivity contribution in [1.82, 2.24) is 30.3 Å². The first kappa shape index (κ1) is 13.1. The minimum atomic E-state index is 0.452. The molecule has 6 nitrogen and oxygen atoms in total. The predicted octanol–water partition coefficient (Wildman–Crippen LogP) is 1.50. The van der Waals surface area contributed by atoms with Crippen molar-refractivity contribution < 1.29 is 0 Å². The van der Waals surface area contributed by atoms with Crippen molar-refractivity contribution >= 4 is 11.8 Å². The van der Waals surface area contributed by atoms with Gasteiger partial charge in [0.25, 0.3) is 0 Å². The Balaban J connectivity index is 2.22. The van der Waals surface area contributed by atoms with E-state index in [1.165, 1.54) is 11.9 Å².